The number of rotatable bonds is 3. The third-order valence-electron chi connectivity index (χ3n) is 7.07. The molecule has 184 valence electrons. The van der Waals surface area contributed by atoms with Crippen LogP contribution < -0.4 is 4.90 Å². The fourth-order valence-corrected chi connectivity index (χ4v) is 5.13. The van der Waals surface area contributed by atoms with E-state index in [0.717, 1.165) is 64.1 Å². The minimum absolute atomic E-state index is 0.00465. The maximum Gasteiger partial charge on any atom is 0.226 e. The van der Waals surface area contributed by atoms with Crippen LogP contribution in [0.15, 0.2) is 12.1 Å². The highest BCUT2D eigenvalue weighted by Gasteiger charge is 2.29. The van der Waals surface area contributed by atoms with Crippen LogP contribution in [0.3, 0.4) is 0 Å². The van der Waals surface area contributed by atoms with E-state index in [9.17, 15) is 18.4 Å². The second-order valence-electron chi connectivity index (χ2n) is 9.73. The van der Waals surface area contributed by atoms with Crippen LogP contribution in [0.2, 0.25) is 0 Å². The number of carbonyl (C=O) groups excluding carboxylic acids is 2. The van der Waals surface area contributed by atoms with Gasteiger partial charge >= 0.3 is 0 Å². The Kier molecular flexibility index (Phi) is 9.24. The molecule has 1 aliphatic heterocycles. The lowest BCUT2D eigenvalue weighted by Crippen LogP contribution is -2.42. The van der Waals surface area contributed by atoms with E-state index in [1.807, 2.05) is 4.90 Å². The zero-order valence-electron chi connectivity index (χ0n) is 20.4. The Hall–Kier alpha value is -2.02. The molecule has 1 saturated carbocycles. The van der Waals surface area contributed by atoms with E-state index >= 15 is 0 Å². The van der Waals surface area contributed by atoms with E-state index in [1.165, 1.54) is 6.07 Å². The fraction of sp³-hybridized carbons (Fsp3) is 0.692. The van der Waals surface area contributed by atoms with Gasteiger partial charge in [0.1, 0.15) is 0 Å². The summed E-state index contributed by atoms with van der Waals surface area (Å²) in [7, 11) is 0. The fourth-order valence-electron chi connectivity index (χ4n) is 5.13. The highest BCUT2D eigenvalue weighted by molar-refractivity contribution is 5.94. The molecule has 1 aromatic carbocycles. The van der Waals surface area contributed by atoms with Crippen molar-refractivity contribution >= 4 is 17.5 Å². The van der Waals surface area contributed by atoms with Gasteiger partial charge in [0.05, 0.1) is 5.69 Å². The van der Waals surface area contributed by atoms with Crippen molar-refractivity contribution in [1.82, 2.24) is 9.80 Å². The summed E-state index contributed by atoms with van der Waals surface area (Å²) in [6, 6.07) is 2.66. The van der Waals surface area contributed by atoms with Crippen molar-refractivity contribution in [1.29, 1.82) is 0 Å². The standard InChI is InChI=1S/C26H39F2N3O2/c1-4-25(32)31-15-9-13-29(19(2)3)12-8-14-30(26(33)20-10-6-5-7-11-20)18-21-16-22(27)23(28)17-24(21)31/h16-17,19-20H,4-15,18H2,1-3H3. The summed E-state index contributed by atoms with van der Waals surface area (Å²) in [6.07, 6.45) is 6.89. The summed E-state index contributed by atoms with van der Waals surface area (Å²) >= 11 is 0. The minimum atomic E-state index is -0.969. The maximum absolute atomic E-state index is 14.3. The highest BCUT2D eigenvalue weighted by atomic mass is 19.2. The highest BCUT2D eigenvalue weighted by Crippen LogP contribution is 2.30. The topological polar surface area (TPSA) is 43.9 Å². The number of benzene rings is 1. The first-order valence-electron chi connectivity index (χ1n) is 12.6. The lowest BCUT2D eigenvalue weighted by atomic mass is 9.88. The van der Waals surface area contributed by atoms with Crippen molar-refractivity contribution in [2.75, 3.05) is 31.1 Å². The first kappa shape index (κ1) is 25.6. The number of fused-ring (bicyclic) bond motifs is 1. The van der Waals surface area contributed by atoms with Gasteiger partial charge in [0.15, 0.2) is 11.6 Å². The van der Waals surface area contributed by atoms with Gasteiger partial charge in [-0.3, -0.25) is 9.59 Å². The van der Waals surface area contributed by atoms with Crippen LogP contribution in [0.4, 0.5) is 14.5 Å². The lowest BCUT2D eigenvalue weighted by Gasteiger charge is -2.34. The molecular weight excluding hydrogens is 424 g/mol. The molecule has 0 unspecified atom stereocenters. The predicted molar refractivity (Wildman–Crippen MR) is 127 cm³/mol. The molecule has 2 aliphatic rings. The molecule has 7 heteroatoms. The average Bonchev–Trinajstić information content (AvgIpc) is 2.80. The number of hydrogen-bond donors (Lipinski definition) is 0. The molecule has 33 heavy (non-hydrogen) atoms. The van der Waals surface area contributed by atoms with Crippen molar-refractivity contribution in [3.63, 3.8) is 0 Å². The van der Waals surface area contributed by atoms with E-state index in [-0.39, 0.29) is 30.7 Å². The number of halogens is 2. The smallest absolute Gasteiger partial charge is 0.226 e. The lowest BCUT2D eigenvalue weighted by molar-refractivity contribution is -0.137. The van der Waals surface area contributed by atoms with Crippen LogP contribution >= 0.6 is 0 Å². The maximum atomic E-state index is 14.3. The van der Waals surface area contributed by atoms with Crippen LogP contribution in [-0.2, 0) is 16.1 Å². The Bertz CT molecular complexity index is 824. The number of nitrogens with zero attached hydrogens (tertiary/aromatic N) is 3. The summed E-state index contributed by atoms with van der Waals surface area (Å²) in [6.45, 7) is 8.94. The molecule has 0 N–H and O–H groups in total. The molecule has 1 heterocycles. The third-order valence-corrected chi connectivity index (χ3v) is 7.07. The van der Waals surface area contributed by atoms with Crippen LogP contribution in [-0.4, -0.2) is 53.8 Å². The van der Waals surface area contributed by atoms with Crippen molar-refractivity contribution in [3.05, 3.63) is 29.3 Å². The van der Waals surface area contributed by atoms with Crippen molar-refractivity contribution < 1.29 is 18.4 Å². The largest absolute Gasteiger partial charge is 0.338 e. The molecule has 1 aliphatic carbocycles. The molecule has 0 spiro atoms. The van der Waals surface area contributed by atoms with Gasteiger partial charge in [0, 0.05) is 57.2 Å². The number of amides is 2. The van der Waals surface area contributed by atoms with E-state index in [1.54, 1.807) is 11.8 Å². The van der Waals surface area contributed by atoms with Crippen molar-refractivity contribution in [2.24, 2.45) is 5.92 Å². The van der Waals surface area contributed by atoms with E-state index < -0.39 is 11.6 Å². The number of hydrogen-bond acceptors (Lipinski definition) is 3. The zero-order chi connectivity index (χ0) is 24.0. The molecule has 0 aromatic heterocycles. The molecule has 1 fully saturated rings. The Morgan fingerprint density at radius 2 is 1.58 bits per heavy atom. The first-order chi connectivity index (χ1) is 15.8. The Morgan fingerprint density at radius 1 is 0.939 bits per heavy atom. The van der Waals surface area contributed by atoms with Crippen LogP contribution in [0.25, 0.3) is 0 Å². The monoisotopic (exact) mass is 463 g/mol. The average molecular weight is 464 g/mol. The van der Waals surface area contributed by atoms with Gasteiger partial charge in [-0.15, -0.1) is 0 Å². The van der Waals surface area contributed by atoms with Gasteiger partial charge in [-0.2, -0.15) is 0 Å². The molecule has 2 amide bonds. The van der Waals surface area contributed by atoms with Crippen LogP contribution in [0.5, 0.6) is 0 Å². The van der Waals surface area contributed by atoms with Crippen molar-refractivity contribution in [2.45, 2.75) is 84.7 Å². The van der Waals surface area contributed by atoms with E-state index in [4.69, 9.17) is 0 Å². The molecule has 0 atom stereocenters. The van der Waals surface area contributed by atoms with E-state index in [0.29, 0.717) is 30.4 Å². The Balaban J connectivity index is 1.99. The summed E-state index contributed by atoms with van der Waals surface area (Å²) in [5, 5.41) is 0. The molecule has 1 aromatic rings. The van der Waals surface area contributed by atoms with Crippen LogP contribution in [0.1, 0.15) is 77.7 Å². The summed E-state index contributed by atoms with van der Waals surface area (Å²) in [5.74, 6) is -1.94. The van der Waals surface area contributed by atoms with Gasteiger partial charge in [-0.1, -0.05) is 26.2 Å². The van der Waals surface area contributed by atoms with Gasteiger partial charge in [0.2, 0.25) is 11.8 Å². The van der Waals surface area contributed by atoms with Gasteiger partial charge in [-0.05, 0) is 51.2 Å². The van der Waals surface area contributed by atoms with E-state index in [2.05, 4.69) is 18.7 Å². The first-order valence-corrected chi connectivity index (χ1v) is 12.6. The Morgan fingerprint density at radius 3 is 2.21 bits per heavy atom. The second-order valence-corrected chi connectivity index (χ2v) is 9.73. The van der Waals surface area contributed by atoms with Crippen LogP contribution in [0, 0.1) is 17.6 Å². The van der Waals surface area contributed by atoms with Gasteiger partial charge in [-0.25, -0.2) is 8.78 Å². The molecule has 3 rings (SSSR count). The summed E-state index contributed by atoms with van der Waals surface area (Å²) in [4.78, 5) is 32.1. The quantitative estimate of drug-likeness (QED) is 0.625. The SMILES string of the molecule is CCC(=O)N1CCCN(C(C)C)CCCN(C(=O)C2CCCCC2)Cc2cc(F)c(F)cc21. The number of carbonyl (C=O) groups is 2. The summed E-state index contributed by atoms with van der Waals surface area (Å²) < 4.78 is 28.6. The molecule has 0 radical (unpaired) electrons. The third kappa shape index (κ3) is 6.52. The van der Waals surface area contributed by atoms with Gasteiger partial charge in [0.25, 0.3) is 0 Å². The number of anilines is 1. The molecular formula is C26H39F2N3O2. The summed E-state index contributed by atoms with van der Waals surface area (Å²) in [5.41, 5.74) is 0.889. The minimum Gasteiger partial charge on any atom is -0.338 e. The molecule has 5 nitrogen and oxygen atoms in total. The van der Waals surface area contributed by atoms with Gasteiger partial charge < -0.3 is 14.7 Å². The van der Waals surface area contributed by atoms with Crippen molar-refractivity contribution in [3.8, 4) is 0 Å². The second kappa shape index (κ2) is 11.9. The molecule has 0 saturated heterocycles. The normalized spacial score (nSPS) is 19.7. The molecule has 0 bridgehead atoms. The predicted octanol–water partition coefficient (Wildman–Crippen LogP) is 5.12. The Labute approximate surface area is 197 Å². The zero-order valence-corrected chi connectivity index (χ0v) is 20.4.